The summed E-state index contributed by atoms with van der Waals surface area (Å²) in [5.41, 5.74) is 0. The van der Waals surface area contributed by atoms with E-state index in [1.165, 1.54) is 12.3 Å². The van der Waals surface area contributed by atoms with Crippen LogP contribution in [0.3, 0.4) is 0 Å². The largest absolute Gasteiger partial charge is 0.391 e. The van der Waals surface area contributed by atoms with Crippen molar-refractivity contribution < 1.29 is 8.78 Å². The van der Waals surface area contributed by atoms with Gasteiger partial charge in [-0.3, -0.25) is 0 Å². The highest BCUT2D eigenvalue weighted by atomic mass is 19.3. The zero-order valence-corrected chi connectivity index (χ0v) is 7.32. The van der Waals surface area contributed by atoms with Crippen LogP contribution < -0.4 is 5.32 Å². The second-order valence-corrected chi connectivity index (χ2v) is 2.54. The Labute approximate surface area is 72.2 Å². The van der Waals surface area contributed by atoms with E-state index in [4.69, 9.17) is 0 Å². The molecular formula is C9H15F2N. The van der Waals surface area contributed by atoms with Crippen LogP contribution in [0.1, 0.15) is 19.8 Å². The number of nitrogens with one attached hydrogen (secondary N) is 1. The highest BCUT2D eigenvalue weighted by Crippen LogP contribution is 2.22. The lowest BCUT2D eigenvalue weighted by Gasteiger charge is -2.13. The van der Waals surface area contributed by atoms with Crippen molar-refractivity contribution in [2.45, 2.75) is 25.7 Å². The summed E-state index contributed by atoms with van der Waals surface area (Å²) in [7, 11) is 0. The molecular weight excluding hydrogens is 160 g/mol. The van der Waals surface area contributed by atoms with Crippen molar-refractivity contribution >= 4 is 0 Å². The molecule has 0 aromatic heterocycles. The van der Waals surface area contributed by atoms with Gasteiger partial charge in [0, 0.05) is 19.4 Å². The molecule has 0 saturated carbocycles. The highest BCUT2D eigenvalue weighted by Gasteiger charge is 2.25. The summed E-state index contributed by atoms with van der Waals surface area (Å²) >= 11 is 0. The van der Waals surface area contributed by atoms with Crippen LogP contribution in [0.25, 0.3) is 0 Å². The molecule has 0 spiro atoms. The third-order valence-corrected chi connectivity index (χ3v) is 1.43. The van der Waals surface area contributed by atoms with E-state index in [1.54, 1.807) is 13.0 Å². The summed E-state index contributed by atoms with van der Waals surface area (Å²) in [6.45, 7) is 5.38. The molecule has 0 aliphatic carbocycles. The van der Waals surface area contributed by atoms with Gasteiger partial charge in [-0.25, -0.2) is 8.78 Å². The van der Waals surface area contributed by atoms with Gasteiger partial charge in [0.1, 0.15) is 0 Å². The molecule has 0 saturated heterocycles. The van der Waals surface area contributed by atoms with Crippen LogP contribution in [-0.2, 0) is 0 Å². The minimum Gasteiger partial charge on any atom is -0.391 e. The van der Waals surface area contributed by atoms with E-state index >= 15 is 0 Å². The van der Waals surface area contributed by atoms with Gasteiger partial charge in [-0.1, -0.05) is 18.7 Å². The standard InChI is InChI=1S/C9H15F2N/c1-3-5-6-9(10,11)7-8-12-4-2/h3-5,12H,2,6-8H2,1H3/b5-3+. The maximum Gasteiger partial charge on any atom is 0.253 e. The molecule has 12 heavy (non-hydrogen) atoms. The molecule has 0 atom stereocenters. The Morgan fingerprint density at radius 2 is 2.17 bits per heavy atom. The molecule has 0 aromatic carbocycles. The average Bonchev–Trinajstić information content (AvgIpc) is 2.01. The lowest BCUT2D eigenvalue weighted by molar-refractivity contribution is -0.00313. The van der Waals surface area contributed by atoms with Gasteiger partial charge in [0.25, 0.3) is 5.92 Å². The smallest absolute Gasteiger partial charge is 0.253 e. The molecule has 3 heteroatoms. The minimum absolute atomic E-state index is 0.149. The van der Waals surface area contributed by atoms with Gasteiger partial charge in [0.2, 0.25) is 0 Å². The molecule has 0 aliphatic rings. The Morgan fingerprint density at radius 1 is 1.50 bits per heavy atom. The van der Waals surface area contributed by atoms with E-state index in [0.29, 0.717) is 0 Å². The fourth-order valence-electron chi connectivity index (χ4n) is 0.749. The summed E-state index contributed by atoms with van der Waals surface area (Å²) < 4.78 is 25.6. The van der Waals surface area contributed by atoms with Gasteiger partial charge in [0.05, 0.1) is 0 Å². The zero-order valence-electron chi connectivity index (χ0n) is 7.32. The second-order valence-electron chi connectivity index (χ2n) is 2.54. The second kappa shape index (κ2) is 5.75. The molecule has 70 valence electrons. The third-order valence-electron chi connectivity index (χ3n) is 1.43. The monoisotopic (exact) mass is 175 g/mol. The number of rotatable bonds is 6. The molecule has 0 heterocycles. The number of halogens is 2. The first-order valence-corrected chi connectivity index (χ1v) is 3.95. The number of hydrogen-bond acceptors (Lipinski definition) is 1. The van der Waals surface area contributed by atoms with E-state index < -0.39 is 5.92 Å². The van der Waals surface area contributed by atoms with E-state index in [9.17, 15) is 8.78 Å². The first-order chi connectivity index (χ1) is 5.62. The topological polar surface area (TPSA) is 12.0 Å². The van der Waals surface area contributed by atoms with Crippen LogP contribution >= 0.6 is 0 Å². The van der Waals surface area contributed by atoms with Crippen molar-refractivity contribution in [3.05, 3.63) is 24.9 Å². The summed E-state index contributed by atoms with van der Waals surface area (Å²) in [6, 6.07) is 0. The summed E-state index contributed by atoms with van der Waals surface area (Å²) in [5.74, 6) is -2.59. The van der Waals surface area contributed by atoms with Crippen molar-refractivity contribution in [2.75, 3.05) is 6.54 Å². The van der Waals surface area contributed by atoms with Gasteiger partial charge < -0.3 is 5.32 Å². The highest BCUT2D eigenvalue weighted by molar-refractivity contribution is 4.84. The lowest BCUT2D eigenvalue weighted by atomic mass is 10.1. The van der Waals surface area contributed by atoms with Crippen molar-refractivity contribution in [3.63, 3.8) is 0 Å². The Hall–Kier alpha value is -0.860. The van der Waals surface area contributed by atoms with E-state index in [-0.39, 0.29) is 19.4 Å². The molecule has 0 radical (unpaired) electrons. The Morgan fingerprint density at radius 3 is 2.67 bits per heavy atom. The molecule has 0 unspecified atom stereocenters. The third kappa shape index (κ3) is 5.89. The summed E-state index contributed by atoms with van der Waals surface area (Å²) in [6.07, 6.45) is 4.21. The van der Waals surface area contributed by atoms with Gasteiger partial charge in [0.15, 0.2) is 0 Å². The lowest BCUT2D eigenvalue weighted by Crippen LogP contribution is -2.21. The van der Waals surface area contributed by atoms with E-state index in [1.807, 2.05) is 0 Å². The number of hydrogen-bond donors (Lipinski definition) is 1. The fraction of sp³-hybridized carbons (Fsp3) is 0.556. The molecule has 0 aromatic rings. The molecule has 1 nitrogen and oxygen atoms in total. The van der Waals surface area contributed by atoms with Crippen LogP contribution in [-0.4, -0.2) is 12.5 Å². The fourth-order valence-corrected chi connectivity index (χ4v) is 0.749. The van der Waals surface area contributed by atoms with Crippen molar-refractivity contribution in [2.24, 2.45) is 0 Å². The van der Waals surface area contributed by atoms with Gasteiger partial charge >= 0.3 is 0 Å². The minimum atomic E-state index is -2.59. The molecule has 1 N–H and O–H groups in total. The molecule has 0 rings (SSSR count). The van der Waals surface area contributed by atoms with Gasteiger partial charge in [-0.15, -0.1) is 0 Å². The zero-order chi connectivity index (χ0) is 9.45. The first kappa shape index (κ1) is 11.1. The summed E-state index contributed by atoms with van der Waals surface area (Å²) in [4.78, 5) is 0. The van der Waals surface area contributed by atoms with Crippen molar-refractivity contribution in [1.29, 1.82) is 0 Å². The van der Waals surface area contributed by atoms with E-state index in [2.05, 4.69) is 11.9 Å². The average molecular weight is 175 g/mol. The molecule has 0 aliphatic heterocycles. The maximum atomic E-state index is 12.8. The molecule has 0 bridgehead atoms. The predicted molar refractivity (Wildman–Crippen MR) is 47.2 cm³/mol. The summed E-state index contributed by atoms with van der Waals surface area (Å²) in [5, 5.41) is 2.64. The Kier molecular flexibility index (Phi) is 5.34. The van der Waals surface area contributed by atoms with Gasteiger partial charge in [-0.2, -0.15) is 0 Å². The maximum absolute atomic E-state index is 12.8. The Bertz CT molecular complexity index is 153. The van der Waals surface area contributed by atoms with Crippen LogP contribution in [0.15, 0.2) is 24.9 Å². The number of allylic oxidation sites excluding steroid dienone is 2. The van der Waals surface area contributed by atoms with Crippen molar-refractivity contribution in [3.8, 4) is 0 Å². The quantitative estimate of drug-likeness (QED) is 0.483. The Balaban J connectivity index is 3.62. The van der Waals surface area contributed by atoms with Crippen LogP contribution in [0.2, 0.25) is 0 Å². The van der Waals surface area contributed by atoms with Gasteiger partial charge in [-0.05, 0) is 13.1 Å². The molecule has 0 fully saturated rings. The van der Waals surface area contributed by atoms with Crippen molar-refractivity contribution in [1.82, 2.24) is 5.32 Å². The van der Waals surface area contributed by atoms with Crippen LogP contribution in [0.4, 0.5) is 8.78 Å². The van der Waals surface area contributed by atoms with Crippen LogP contribution in [0, 0.1) is 0 Å². The predicted octanol–water partition coefficient (Wildman–Crippen LogP) is 2.71. The van der Waals surface area contributed by atoms with E-state index in [0.717, 1.165) is 0 Å². The SMILES string of the molecule is C=CNCCC(F)(F)C/C=C/C. The normalized spacial score (nSPS) is 11.9. The first-order valence-electron chi connectivity index (χ1n) is 3.95. The number of alkyl halides is 2. The van der Waals surface area contributed by atoms with Crippen LogP contribution in [0.5, 0.6) is 0 Å². The molecule has 0 amide bonds.